The van der Waals surface area contributed by atoms with Gasteiger partial charge in [0.05, 0.1) is 11.0 Å². The SMILES string of the molecule is c1ccc(-n2c3ccccc3c3cc(-c4ccc(-c5ccc6c(c5)-c5cccc7cccc(c57)O6)cc4)ccc32)cc1. The molecule has 0 radical (unpaired) electrons. The van der Waals surface area contributed by atoms with E-state index in [2.05, 4.69) is 156 Å². The summed E-state index contributed by atoms with van der Waals surface area (Å²) in [6, 6.07) is 54.3. The van der Waals surface area contributed by atoms with Gasteiger partial charge in [-0.3, -0.25) is 0 Å². The van der Waals surface area contributed by atoms with Crippen molar-refractivity contribution >= 4 is 32.6 Å². The van der Waals surface area contributed by atoms with Crippen molar-refractivity contribution in [3.8, 4) is 50.6 Å². The van der Waals surface area contributed by atoms with Crippen LogP contribution in [0.2, 0.25) is 0 Å². The van der Waals surface area contributed by atoms with Crippen LogP contribution in [0.5, 0.6) is 11.5 Å². The molecule has 2 heterocycles. The molecule has 9 rings (SSSR count). The normalized spacial score (nSPS) is 12.0. The van der Waals surface area contributed by atoms with Crippen LogP contribution in [0.3, 0.4) is 0 Å². The number of fused-ring (bicyclic) bond motifs is 5. The highest BCUT2D eigenvalue weighted by Gasteiger charge is 2.20. The van der Waals surface area contributed by atoms with Crippen molar-refractivity contribution in [1.29, 1.82) is 0 Å². The van der Waals surface area contributed by atoms with Crippen LogP contribution in [0.25, 0.3) is 71.6 Å². The molecule has 0 bridgehead atoms. The Morgan fingerprint density at radius 2 is 1.07 bits per heavy atom. The Morgan fingerprint density at radius 1 is 0.405 bits per heavy atom. The maximum Gasteiger partial charge on any atom is 0.135 e. The van der Waals surface area contributed by atoms with Crippen molar-refractivity contribution in [2.24, 2.45) is 0 Å². The van der Waals surface area contributed by atoms with Gasteiger partial charge in [0.2, 0.25) is 0 Å². The molecule has 42 heavy (non-hydrogen) atoms. The molecule has 0 fully saturated rings. The largest absolute Gasteiger partial charge is 0.456 e. The second-order valence-electron chi connectivity index (χ2n) is 11.0. The zero-order valence-corrected chi connectivity index (χ0v) is 22.8. The topological polar surface area (TPSA) is 14.2 Å². The van der Waals surface area contributed by atoms with Crippen LogP contribution in [0.4, 0.5) is 0 Å². The summed E-state index contributed by atoms with van der Waals surface area (Å²) in [5.41, 5.74) is 10.8. The molecule has 0 unspecified atom stereocenters. The fraction of sp³-hybridized carbons (Fsp3) is 0. The zero-order valence-electron chi connectivity index (χ0n) is 22.8. The fourth-order valence-electron chi connectivity index (χ4n) is 6.61. The van der Waals surface area contributed by atoms with Gasteiger partial charge in [0, 0.05) is 27.4 Å². The molecule has 2 nitrogen and oxygen atoms in total. The van der Waals surface area contributed by atoms with Crippen LogP contribution in [0, 0.1) is 0 Å². The molecular weight excluding hydrogens is 510 g/mol. The van der Waals surface area contributed by atoms with Gasteiger partial charge in [-0.15, -0.1) is 0 Å². The van der Waals surface area contributed by atoms with Gasteiger partial charge in [0.15, 0.2) is 0 Å². The summed E-state index contributed by atoms with van der Waals surface area (Å²) in [6.07, 6.45) is 0. The van der Waals surface area contributed by atoms with Crippen LogP contribution in [-0.4, -0.2) is 4.57 Å². The minimum absolute atomic E-state index is 0.907. The quantitative estimate of drug-likeness (QED) is 0.219. The van der Waals surface area contributed by atoms with Crippen molar-refractivity contribution in [3.05, 3.63) is 152 Å². The van der Waals surface area contributed by atoms with Gasteiger partial charge in [-0.25, -0.2) is 0 Å². The molecule has 0 saturated heterocycles. The van der Waals surface area contributed by atoms with Crippen molar-refractivity contribution in [2.45, 2.75) is 0 Å². The Hall–Kier alpha value is -5.60. The molecule has 7 aromatic carbocycles. The first-order chi connectivity index (χ1) is 20.8. The monoisotopic (exact) mass is 535 g/mol. The molecule has 0 amide bonds. The van der Waals surface area contributed by atoms with E-state index < -0.39 is 0 Å². The van der Waals surface area contributed by atoms with Crippen LogP contribution in [0.1, 0.15) is 0 Å². The van der Waals surface area contributed by atoms with Gasteiger partial charge >= 0.3 is 0 Å². The smallest absolute Gasteiger partial charge is 0.135 e. The molecule has 0 saturated carbocycles. The lowest BCUT2D eigenvalue weighted by molar-refractivity contribution is 0.487. The number of rotatable bonds is 3. The van der Waals surface area contributed by atoms with Crippen molar-refractivity contribution in [2.75, 3.05) is 0 Å². The van der Waals surface area contributed by atoms with Gasteiger partial charge < -0.3 is 9.30 Å². The van der Waals surface area contributed by atoms with E-state index in [9.17, 15) is 0 Å². The minimum Gasteiger partial charge on any atom is -0.456 e. The molecule has 1 aliphatic rings. The zero-order chi connectivity index (χ0) is 27.6. The summed E-state index contributed by atoms with van der Waals surface area (Å²) in [4.78, 5) is 0. The van der Waals surface area contributed by atoms with Gasteiger partial charge in [0.1, 0.15) is 11.5 Å². The van der Waals surface area contributed by atoms with Crippen LogP contribution in [0.15, 0.2) is 152 Å². The summed E-state index contributed by atoms with van der Waals surface area (Å²) in [5, 5.41) is 4.92. The molecule has 1 aliphatic heterocycles. The lowest BCUT2D eigenvalue weighted by Crippen LogP contribution is -1.97. The van der Waals surface area contributed by atoms with Crippen LogP contribution < -0.4 is 4.74 Å². The number of para-hydroxylation sites is 2. The van der Waals surface area contributed by atoms with Gasteiger partial charge in [-0.05, 0) is 81.7 Å². The van der Waals surface area contributed by atoms with Crippen molar-refractivity contribution in [1.82, 2.24) is 4.57 Å². The van der Waals surface area contributed by atoms with E-state index in [0.717, 1.165) is 17.1 Å². The van der Waals surface area contributed by atoms with E-state index in [1.165, 1.54) is 66.1 Å². The second kappa shape index (κ2) is 8.95. The average molecular weight is 536 g/mol. The molecule has 0 atom stereocenters. The predicted octanol–water partition coefficient (Wildman–Crippen LogP) is 11.0. The average Bonchev–Trinajstić information content (AvgIpc) is 3.39. The summed E-state index contributed by atoms with van der Waals surface area (Å²) in [6.45, 7) is 0. The fourth-order valence-corrected chi connectivity index (χ4v) is 6.61. The third-order valence-corrected chi connectivity index (χ3v) is 8.59. The summed E-state index contributed by atoms with van der Waals surface area (Å²) in [7, 11) is 0. The van der Waals surface area contributed by atoms with Crippen molar-refractivity contribution < 1.29 is 4.74 Å². The molecule has 8 aromatic rings. The Labute approximate surface area is 243 Å². The molecule has 0 spiro atoms. The Kier molecular flexibility index (Phi) is 4.93. The number of ether oxygens (including phenoxy) is 1. The van der Waals surface area contributed by atoms with Gasteiger partial charge in [-0.1, -0.05) is 103 Å². The van der Waals surface area contributed by atoms with E-state index >= 15 is 0 Å². The van der Waals surface area contributed by atoms with E-state index in [0.29, 0.717) is 0 Å². The number of nitrogens with zero attached hydrogens (tertiary/aromatic N) is 1. The second-order valence-corrected chi connectivity index (χ2v) is 11.0. The first-order valence-electron chi connectivity index (χ1n) is 14.4. The first kappa shape index (κ1) is 23.1. The van der Waals surface area contributed by atoms with Gasteiger partial charge in [-0.2, -0.15) is 0 Å². The van der Waals surface area contributed by atoms with E-state index in [1.54, 1.807) is 0 Å². The molecule has 196 valence electrons. The maximum atomic E-state index is 6.31. The maximum absolute atomic E-state index is 6.31. The highest BCUT2D eigenvalue weighted by Crippen LogP contribution is 2.47. The van der Waals surface area contributed by atoms with Crippen LogP contribution in [-0.2, 0) is 0 Å². The third-order valence-electron chi connectivity index (χ3n) is 8.59. The highest BCUT2D eigenvalue weighted by molar-refractivity contribution is 6.10. The van der Waals surface area contributed by atoms with Crippen molar-refractivity contribution in [3.63, 3.8) is 0 Å². The lowest BCUT2D eigenvalue weighted by atomic mass is 9.92. The Bertz CT molecular complexity index is 2300. The lowest BCUT2D eigenvalue weighted by Gasteiger charge is -2.22. The molecule has 2 heteroatoms. The number of hydrogen-bond acceptors (Lipinski definition) is 1. The number of benzene rings is 7. The Balaban J connectivity index is 1.11. The van der Waals surface area contributed by atoms with E-state index in [1.807, 2.05) is 0 Å². The third kappa shape index (κ3) is 3.45. The summed E-state index contributed by atoms with van der Waals surface area (Å²) >= 11 is 0. The van der Waals surface area contributed by atoms with E-state index in [4.69, 9.17) is 4.74 Å². The standard InChI is InChI=1S/C40H25NO/c1-2-10-31(11-3-1)41-36-14-5-4-12-32(36)34-24-29(20-22-37(34)41)26-16-18-27(19-17-26)30-21-23-38-35(25-30)33-13-6-8-28-9-7-15-39(42-38)40(28)33/h1-25H. The first-order valence-corrected chi connectivity index (χ1v) is 14.4. The number of hydrogen-bond donors (Lipinski definition) is 0. The highest BCUT2D eigenvalue weighted by atomic mass is 16.5. The minimum atomic E-state index is 0.907. The molecular formula is C40H25NO. The molecule has 0 aliphatic carbocycles. The summed E-state index contributed by atoms with van der Waals surface area (Å²) in [5.74, 6) is 1.83. The molecule has 1 aromatic heterocycles. The number of aromatic nitrogens is 1. The molecule has 0 N–H and O–H groups in total. The van der Waals surface area contributed by atoms with E-state index in [-0.39, 0.29) is 0 Å². The predicted molar refractivity (Wildman–Crippen MR) is 175 cm³/mol. The van der Waals surface area contributed by atoms with Gasteiger partial charge in [0.25, 0.3) is 0 Å². The Morgan fingerprint density at radius 3 is 1.90 bits per heavy atom. The summed E-state index contributed by atoms with van der Waals surface area (Å²) < 4.78 is 8.67. The van der Waals surface area contributed by atoms with Crippen LogP contribution >= 0.6 is 0 Å².